The lowest BCUT2D eigenvalue weighted by molar-refractivity contribution is 0.669. The molecule has 1 aromatic heterocycles. The molecule has 0 N–H and O–H groups in total. The molecule has 0 saturated carbocycles. The molecule has 0 fully saturated rings. The summed E-state index contributed by atoms with van der Waals surface area (Å²) in [5.74, 6) is 0. The van der Waals surface area contributed by atoms with Gasteiger partial charge in [0.1, 0.15) is 5.58 Å². The molecule has 2 aliphatic rings. The van der Waals surface area contributed by atoms with Crippen LogP contribution in [0.4, 0.5) is 17.1 Å². The van der Waals surface area contributed by atoms with Crippen LogP contribution in [0.5, 0.6) is 0 Å². The number of anilines is 3. The monoisotopic (exact) mass is 815 g/mol. The van der Waals surface area contributed by atoms with Gasteiger partial charge in [-0.25, -0.2) is 0 Å². The number of nitrogens with zero attached hydrogens (tertiary/aromatic N) is 1. The molecule has 0 spiro atoms. The largest absolute Gasteiger partial charge is 0.454 e. The summed E-state index contributed by atoms with van der Waals surface area (Å²) in [7, 11) is 0. The van der Waals surface area contributed by atoms with Crippen LogP contribution in [0.25, 0.3) is 88.7 Å². The molecule has 0 atom stereocenters. The molecule has 0 aliphatic heterocycles. The summed E-state index contributed by atoms with van der Waals surface area (Å²) < 4.78 is 6.86. The fraction of sp³-hybridized carbons (Fsp3) is 0.0323. The first kappa shape index (κ1) is 36.5. The maximum absolute atomic E-state index is 6.86. The van der Waals surface area contributed by atoms with Crippen LogP contribution in [-0.4, -0.2) is 0 Å². The lowest BCUT2D eigenvalue weighted by atomic mass is 9.81. The highest BCUT2D eigenvalue weighted by Gasteiger charge is 2.26. The Morgan fingerprint density at radius 1 is 0.281 bits per heavy atom. The standard InChI is InChI=1S/C62H41NO/c1-4-19-46-40(16-1)36-41-17-2-6-21-48(41)49-34-32-44(38-43(49)37-42-18-3-5-20-47(42)46)63(60-30-15-29-58-57-28-13-14-31-61(57)64-62(58)60)45-33-35-56-54-26-10-9-24-52(54)50-22-7-8-23-51(50)53-25-11-12-27-55(53)59(56)39-45/h1-35,38-39H,36-37H2. The van der Waals surface area contributed by atoms with Crippen molar-refractivity contribution in [2.75, 3.05) is 4.90 Å². The predicted octanol–water partition coefficient (Wildman–Crippen LogP) is 16.9. The van der Waals surface area contributed by atoms with Gasteiger partial charge in [-0.15, -0.1) is 0 Å². The van der Waals surface area contributed by atoms with Crippen molar-refractivity contribution in [2.45, 2.75) is 12.8 Å². The first-order valence-corrected chi connectivity index (χ1v) is 22.3. The summed E-state index contributed by atoms with van der Waals surface area (Å²) in [5, 5.41) is 2.21. The predicted molar refractivity (Wildman–Crippen MR) is 267 cm³/mol. The average Bonchev–Trinajstić information content (AvgIpc) is 3.74. The normalized spacial score (nSPS) is 12.2. The molecular weight excluding hydrogens is 775 g/mol. The molecule has 0 bridgehead atoms. The molecule has 0 amide bonds. The van der Waals surface area contributed by atoms with Crippen molar-refractivity contribution in [1.82, 2.24) is 0 Å². The Morgan fingerprint density at radius 3 is 1.23 bits per heavy atom. The van der Waals surface area contributed by atoms with Crippen molar-refractivity contribution in [3.05, 3.63) is 247 Å². The van der Waals surface area contributed by atoms with Crippen LogP contribution in [0.3, 0.4) is 0 Å². The Labute approximate surface area is 373 Å². The summed E-state index contributed by atoms with van der Waals surface area (Å²) in [6.07, 6.45) is 1.63. The number of hydrogen-bond donors (Lipinski definition) is 0. The lowest BCUT2D eigenvalue weighted by Gasteiger charge is -2.29. The van der Waals surface area contributed by atoms with Gasteiger partial charge in [-0.2, -0.15) is 0 Å². The van der Waals surface area contributed by atoms with E-state index < -0.39 is 0 Å². The van der Waals surface area contributed by atoms with Crippen LogP contribution >= 0.6 is 0 Å². The molecule has 300 valence electrons. The zero-order valence-corrected chi connectivity index (χ0v) is 35.1. The Bertz CT molecular complexity index is 3640. The van der Waals surface area contributed by atoms with E-state index in [9.17, 15) is 0 Å². The first-order valence-electron chi connectivity index (χ1n) is 22.3. The van der Waals surface area contributed by atoms with Crippen molar-refractivity contribution in [1.29, 1.82) is 0 Å². The van der Waals surface area contributed by atoms with Crippen LogP contribution < -0.4 is 4.90 Å². The van der Waals surface area contributed by atoms with E-state index in [1.807, 2.05) is 0 Å². The van der Waals surface area contributed by atoms with Crippen molar-refractivity contribution in [3.8, 4) is 66.8 Å². The third kappa shape index (κ3) is 5.80. The van der Waals surface area contributed by atoms with E-state index in [-0.39, 0.29) is 0 Å². The van der Waals surface area contributed by atoms with Crippen molar-refractivity contribution in [2.24, 2.45) is 0 Å². The second-order valence-corrected chi connectivity index (χ2v) is 17.1. The molecule has 64 heavy (non-hydrogen) atoms. The lowest BCUT2D eigenvalue weighted by Crippen LogP contribution is -2.12. The van der Waals surface area contributed by atoms with Gasteiger partial charge in [0.05, 0.1) is 5.69 Å². The van der Waals surface area contributed by atoms with E-state index in [1.54, 1.807) is 0 Å². The summed E-state index contributed by atoms with van der Waals surface area (Å²) >= 11 is 0. The molecule has 1 heterocycles. The third-order valence-corrected chi connectivity index (χ3v) is 13.6. The van der Waals surface area contributed by atoms with Crippen molar-refractivity contribution >= 4 is 39.0 Å². The smallest absolute Gasteiger partial charge is 0.159 e. The minimum atomic E-state index is 0.776. The van der Waals surface area contributed by atoms with Crippen LogP contribution in [-0.2, 0) is 12.8 Å². The topological polar surface area (TPSA) is 16.4 Å². The summed E-state index contributed by atoms with van der Waals surface area (Å²) in [5.41, 5.74) is 25.1. The van der Waals surface area contributed by atoms with Gasteiger partial charge in [-0.1, -0.05) is 188 Å². The number of furan rings is 1. The van der Waals surface area contributed by atoms with E-state index in [4.69, 9.17) is 4.42 Å². The number of benzene rings is 10. The molecule has 13 rings (SSSR count). The molecule has 11 aromatic rings. The number of hydrogen-bond acceptors (Lipinski definition) is 2. The molecule has 2 aliphatic carbocycles. The number of fused-ring (bicyclic) bond motifs is 17. The summed E-state index contributed by atoms with van der Waals surface area (Å²) in [6, 6.07) is 82.6. The van der Waals surface area contributed by atoms with Crippen LogP contribution in [0, 0.1) is 0 Å². The molecule has 0 unspecified atom stereocenters. The molecule has 2 heteroatoms. The highest BCUT2D eigenvalue weighted by molar-refractivity contribution is 6.11. The van der Waals surface area contributed by atoms with E-state index >= 15 is 0 Å². The molecule has 2 nitrogen and oxygen atoms in total. The van der Waals surface area contributed by atoms with Crippen molar-refractivity contribution < 1.29 is 4.42 Å². The Balaban J connectivity index is 1.08. The average molecular weight is 816 g/mol. The van der Waals surface area contributed by atoms with E-state index in [0.29, 0.717) is 0 Å². The first-order chi connectivity index (χ1) is 31.7. The van der Waals surface area contributed by atoms with Gasteiger partial charge in [0, 0.05) is 22.1 Å². The second-order valence-electron chi connectivity index (χ2n) is 17.1. The van der Waals surface area contributed by atoms with Gasteiger partial charge in [-0.05, 0) is 138 Å². The maximum Gasteiger partial charge on any atom is 0.159 e. The Kier molecular flexibility index (Phi) is 8.39. The van der Waals surface area contributed by atoms with Gasteiger partial charge in [0.25, 0.3) is 0 Å². The molecular formula is C62H41NO. The minimum absolute atomic E-state index is 0.776. The highest BCUT2D eigenvalue weighted by Crippen LogP contribution is 2.51. The molecule has 0 radical (unpaired) electrons. The Morgan fingerprint density at radius 2 is 0.672 bits per heavy atom. The molecule has 10 aromatic carbocycles. The SMILES string of the molecule is c1ccc2c(c1)Cc1ccccc1-c1ccc(N(c3ccc4c(c3)-c3ccccc3-c3ccccc3-c3ccccc3-4)c3cccc4c3oc3ccccc34)cc1Cc1ccccc1-2. The van der Waals surface area contributed by atoms with Gasteiger partial charge < -0.3 is 9.32 Å². The minimum Gasteiger partial charge on any atom is -0.454 e. The van der Waals surface area contributed by atoms with E-state index in [2.05, 4.69) is 229 Å². The van der Waals surface area contributed by atoms with Gasteiger partial charge >= 0.3 is 0 Å². The third-order valence-electron chi connectivity index (χ3n) is 13.6. The van der Waals surface area contributed by atoms with Gasteiger partial charge in [0.15, 0.2) is 5.58 Å². The van der Waals surface area contributed by atoms with Crippen LogP contribution in [0.15, 0.2) is 229 Å². The fourth-order valence-corrected chi connectivity index (χ4v) is 10.7. The summed E-state index contributed by atoms with van der Waals surface area (Å²) in [6.45, 7) is 0. The van der Waals surface area contributed by atoms with Crippen LogP contribution in [0.1, 0.15) is 22.3 Å². The van der Waals surface area contributed by atoms with E-state index in [0.717, 1.165) is 51.8 Å². The Hall–Kier alpha value is -8.20. The number of para-hydroxylation sites is 2. The quantitative estimate of drug-likeness (QED) is 0.177. The fourth-order valence-electron chi connectivity index (χ4n) is 10.7. The highest BCUT2D eigenvalue weighted by atomic mass is 16.3. The van der Waals surface area contributed by atoms with Gasteiger partial charge in [0.2, 0.25) is 0 Å². The second kappa shape index (κ2) is 14.7. The van der Waals surface area contributed by atoms with Gasteiger partial charge in [-0.3, -0.25) is 0 Å². The van der Waals surface area contributed by atoms with E-state index in [1.165, 1.54) is 89.0 Å². The molecule has 0 saturated heterocycles. The maximum atomic E-state index is 6.86. The zero-order valence-electron chi connectivity index (χ0n) is 35.1. The number of rotatable bonds is 3. The van der Waals surface area contributed by atoms with Crippen LogP contribution in [0.2, 0.25) is 0 Å². The van der Waals surface area contributed by atoms with Crippen molar-refractivity contribution in [3.63, 3.8) is 0 Å². The summed E-state index contributed by atoms with van der Waals surface area (Å²) in [4.78, 5) is 2.43. The zero-order chi connectivity index (χ0) is 42.1.